The van der Waals surface area contributed by atoms with Crippen LogP contribution in [0.4, 0.5) is 5.69 Å². The van der Waals surface area contributed by atoms with E-state index in [2.05, 4.69) is 10.3 Å². The van der Waals surface area contributed by atoms with Crippen LogP contribution in [0, 0.1) is 5.41 Å². The summed E-state index contributed by atoms with van der Waals surface area (Å²) in [5.41, 5.74) is 5.68. The van der Waals surface area contributed by atoms with Gasteiger partial charge in [-0.3, -0.25) is 9.78 Å². The average molecular weight is 235 g/mol. The molecule has 0 atom stereocenters. The molecule has 0 spiro atoms. The Morgan fingerprint density at radius 1 is 1.56 bits per heavy atom. The second-order valence-electron chi connectivity index (χ2n) is 4.00. The standard InChI is InChI=1S/C11H13N3OS/c12-9(16)11(4-2-5-11)10(15)14-8-3-1-6-13-7-8/h1,3,6-7H,2,4-5H2,(H2,12,16)(H,14,15). The molecule has 1 aromatic heterocycles. The van der Waals surface area contributed by atoms with Crippen LogP contribution >= 0.6 is 12.2 Å². The molecule has 0 saturated heterocycles. The van der Waals surface area contributed by atoms with Gasteiger partial charge in [0.25, 0.3) is 0 Å². The highest BCUT2D eigenvalue weighted by Crippen LogP contribution is 2.42. The first-order valence-corrected chi connectivity index (χ1v) is 5.57. The van der Waals surface area contributed by atoms with E-state index in [1.54, 1.807) is 24.5 Å². The van der Waals surface area contributed by atoms with E-state index < -0.39 is 5.41 Å². The van der Waals surface area contributed by atoms with Gasteiger partial charge in [-0.05, 0) is 25.0 Å². The quantitative estimate of drug-likeness (QED) is 0.779. The summed E-state index contributed by atoms with van der Waals surface area (Å²) in [6.07, 6.45) is 5.74. The Kier molecular flexibility index (Phi) is 2.87. The lowest BCUT2D eigenvalue weighted by molar-refractivity contribution is -0.125. The number of thiocarbonyl (C=S) groups is 1. The van der Waals surface area contributed by atoms with Crippen LogP contribution < -0.4 is 11.1 Å². The summed E-state index contributed by atoms with van der Waals surface area (Å²) in [7, 11) is 0. The minimum atomic E-state index is -0.634. The predicted molar refractivity (Wildman–Crippen MR) is 65.9 cm³/mol. The number of nitrogens with one attached hydrogen (secondary N) is 1. The first kappa shape index (κ1) is 11.0. The normalized spacial score (nSPS) is 17.2. The summed E-state index contributed by atoms with van der Waals surface area (Å²) in [4.78, 5) is 16.3. The van der Waals surface area contributed by atoms with Gasteiger partial charge in [0.2, 0.25) is 5.91 Å². The highest BCUT2D eigenvalue weighted by atomic mass is 32.1. The van der Waals surface area contributed by atoms with Crippen LogP contribution in [0.5, 0.6) is 0 Å². The molecular formula is C11H13N3OS. The molecule has 1 fully saturated rings. The molecule has 1 aliphatic carbocycles. The van der Waals surface area contributed by atoms with Gasteiger partial charge in [0.1, 0.15) is 0 Å². The molecule has 1 aliphatic rings. The van der Waals surface area contributed by atoms with E-state index in [1.165, 1.54) is 0 Å². The van der Waals surface area contributed by atoms with Crippen molar-refractivity contribution in [1.82, 2.24) is 4.98 Å². The molecule has 1 aromatic rings. The lowest BCUT2D eigenvalue weighted by atomic mass is 9.68. The molecule has 16 heavy (non-hydrogen) atoms. The Labute approximate surface area is 99.2 Å². The van der Waals surface area contributed by atoms with E-state index in [0.717, 1.165) is 19.3 Å². The van der Waals surface area contributed by atoms with Gasteiger partial charge in [0.05, 0.1) is 22.3 Å². The van der Waals surface area contributed by atoms with Crippen LogP contribution in [-0.2, 0) is 4.79 Å². The van der Waals surface area contributed by atoms with Crippen molar-refractivity contribution in [1.29, 1.82) is 0 Å². The van der Waals surface area contributed by atoms with Gasteiger partial charge in [-0.2, -0.15) is 0 Å². The van der Waals surface area contributed by atoms with Crippen LogP contribution in [0.15, 0.2) is 24.5 Å². The smallest absolute Gasteiger partial charge is 0.237 e. The highest BCUT2D eigenvalue weighted by Gasteiger charge is 2.46. The third kappa shape index (κ3) is 1.78. The number of hydrogen-bond acceptors (Lipinski definition) is 3. The maximum absolute atomic E-state index is 12.1. The third-order valence-electron chi connectivity index (χ3n) is 3.03. The van der Waals surface area contributed by atoms with E-state index >= 15 is 0 Å². The number of rotatable bonds is 3. The molecule has 3 N–H and O–H groups in total. The lowest BCUT2D eigenvalue weighted by Gasteiger charge is -2.38. The molecule has 0 radical (unpaired) electrons. The van der Waals surface area contributed by atoms with Crippen molar-refractivity contribution in [2.75, 3.05) is 5.32 Å². The first-order chi connectivity index (χ1) is 7.65. The Bertz CT molecular complexity index is 414. The van der Waals surface area contributed by atoms with Crippen LogP contribution in [0.2, 0.25) is 0 Å². The molecule has 4 nitrogen and oxygen atoms in total. The Morgan fingerprint density at radius 2 is 2.31 bits per heavy atom. The van der Waals surface area contributed by atoms with Crippen molar-refractivity contribution >= 4 is 28.8 Å². The van der Waals surface area contributed by atoms with Crippen LogP contribution in [0.1, 0.15) is 19.3 Å². The maximum Gasteiger partial charge on any atom is 0.237 e. The van der Waals surface area contributed by atoms with Crippen molar-refractivity contribution in [2.24, 2.45) is 11.1 Å². The first-order valence-electron chi connectivity index (χ1n) is 5.16. The summed E-state index contributed by atoms with van der Waals surface area (Å²) < 4.78 is 0. The van der Waals surface area contributed by atoms with E-state index in [1.807, 2.05) is 0 Å². The molecule has 0 bridgehead atoms. The number of hydrogen-bond donors (Lipinski definition) is 2. The van der Waals surface area contributed by atoms with Crippen molar-refractivity contribution in [3.8, 4) is 0 Å². The van der Waals surface area contributed by atoms with Crippen LogP contribution in [0.3, 0.4) is 0 Å². The fourth-order valence-corrected chi connectivity index (χ4v) is 2.10. The number of amides is 1. The van der Waals surface area contributed by atoms with E-state index in [0.29, 0.717) is 10.7 Å². The van der Waals surface area contributed by atoms with Crippen LogP contribution in [0.25, 0.3) is 0 Å². The minimum absolute atomic E-state index is 0.112. The number of nitrogens with two attached hydrogens (primary N) is 1. The van der Waals surface area contributed by atoms with E-state index in [4.69, 9.17) is 18.0 Å². The summed E-state index contributed by atoms with van der Waals surface area (Å²) in [5, 5.41) is 2.80. The average Bonchev–Trinajstić information content (AvgIpc) is 2.16. The number of anilines is 1. The summed E-state index contributed by atoms with van der Waals surface area (Å²) >= 11 is 4.97. The van der Waals surface area contributed by atoms with Crippen molar-refractivity contribution in [2.45, 2.75) is 19.3 Å². The molecular weight excluding hydrogens is 222 g/mol. The lowest BCUT2D eigenvalue weighted by Crippen LogP contribution is -2.50. The molecule has 0 aromatic carbocycles. The fraction of sp³-hybridized carbons (Fsp3) is 0.364. The SMILES string of the molecule is NC(=S)C1(C(=O)Nc2cccnc2)CCC1. The van der Waals surface area contributed by atoms with Gasteiger partial charge >= 0.3 is 0 Å². The zero-order valence-corrected chi connectivity index (χ0v) is 9.59. The summed E-state index contributed by atoms with van der Waals surface area (Å²) in [5.74, 6) is -0.112. The van der Waals surface area contributed by atoms with Crippen molar-refractivity contribution in [3.05, 3.63) is 24.5 Å². The van der Waals surface area contributed by atoms with Crippen molar-refractivity contribution < 1.29 is 4.79 Å². The summed E-state index contributed by atoms with van der Waals surface area (Å²) in [6.45, 7) is 0. The zero-order chi connectivity index (χ0) is 11.6. The monoisotopic (exact) mass is 235 g/mol. The topological polar surface area (TPSA) is 68.0 Å². The van der Waals surface area contributed by atoms with E-state index in [-0.39, 0.29) is 5.91 Å². The molecule has 0 unspecified atom stereocenters. The van der Waals surface area contributed by atoms with Gasteiger partial charge in [-0.25, -0.2) is 0 Å². The van der Waals surface area contributed by atoms with Gasteiger partial charge in [0, 0.05) is 6.20 Å². The third-order valence-corrected chi connectivity index (χ3v) is 3.42. The maximum atomic E-state index is 12.1. The van der Waals surface area contributed by atoms with Gasteiger partial charge < -0.3 is 11.1 Å². The minimum Gasteiger partial charge on any atom is -0.392 e. The van der Waals surface area contributed by atoms with Gasteiger partial charge in [-0.1, -0.05) is 18.6 Å². The number of nitrogens with zero attached hydrogens (tertiary/aromatic N) is 1. The Hall–Kier alpha value is -1.49. The highest BCUT2D eigenvalue weighted by molar-refractivity contribution is 7.80. The molecule has 1 heterocycles. The Balaban J connectivity index is 2.11. The zero-order valence-electron chi connectivity index (χ0n) is 8.77. The number of aromatic nitrogens is 1. The Morgan fingerprint density at radius 3 is 2.75 bits per heavy atom. The van der Waals surface area contributed by atoms with Crippen molar-refractivity contribution in [3.63, 3.8) is 0 Å². The molecule has 5 heteroatoms. The molecule has 2 rings (SSSR count). The second kappa shape index (κ2) is 4.17. The number of pyridine rings is 1. The largest absolute Gasteiger partial charge is 0.392 e. The molecule has 0 aliphatic heterocycles. The number of carbonyl (C=O) groups excluding carboxylic acids is 1. The van der Waals surface area contributed by atoms with Gasteiger partial charge in [-0.15, -0.1) is 0 Å². The number of carbonyl (C=O) groups is 1. The second-order valence-corrected chi connectivity index (χ2v) is 4.44. The van der Waals surface area contributed by atoms with Gasteiger partial charge in [0.15, 0.2) is 0 Å². The molecule has 1 amide bonds. The summed E-state index contributed by atoms with van der Waals surface area (Å²) in [6, 6.07) is 3.56. The fourth-order valence-electron chi connectivity index (χ4n) is 1.80. The molecule has 84 valence electrons. The molecule has 1 saturated carbocycles. The van der Waals surface area contributed by atoms with Crippen LogP contribution in [-0.4, -0.2) is 15.9 Å². The van der Waals surface area contributed by atoms with E-state index in [9.17, 15) is 4.79 Å². The predicted octanol–water partition coefficient (Wildman–Crippen LogP) is 1.48.